The number of rotatable bonds is 5. The Morgan fingerprint density at radius 3 is 2.71 bits per heavy atom. The van der Waals surface area contributed by atoms with Gasteiger partial charge in [-0.2, -0.15) is 5.10 Å². The van der Waals surface area contributed by atoms with E-state index in [1.165, 1.54) is 6.07 Å². The summed E-state index contributed by atoms with van der Waals surface area (Å²) in [5, 5.41) is 29.2. The lowest BCUT2D eigenvalue weighted by Crippen LogP contribution is -2.34. The number of nitro groups is 1. The van der Waals surface area contributed by atoms with E-state index in [2.05, 4.69) is 15.8 Å². The Morgan fingerprint density at radius 2 is 2.04 bits per heavy atom. The topological polar surface area (TPSA) is 137 Å². The standard InChI is InChI=1S/C18H15ClN4O5/c19-12-6-11(16(24)14(7-12)23(27)28)8-21-22-18(26)15-13(9-20-17(15)25)10-4-2-1-3-5-10/h1-8,13,15,24H,9H2,(H,20,25)(H,22,26)/p-1/b21-8+/t13-,15-/m1/s1. The van der Waals surface area contributed by atoms with Crippen LogP contribution in [-0.2, 0) is 9.59 Å². The number of hydrazone groups is 1. The molecule has 2 amide bonds. The minimum Gasteiger partial charge on any atom is -0.867 e. The molecule has 0 aromatic heterocycles. The summed E-state index contributed by atoms with van der Waals surface area (Å²) in [4.78, 5) is 34.6. The fourth-order valence-electron chi connectivity index (χ4n) is 3.00. The summed E-state index contributed by atoms with van der Waals surface area (Å²) in [5.74, 6) is -3.30. The zero-order chi connectivity index (χ0) is 20.3. The number of nitro benzene ring substituents is 1. The third kappa shape index (κ3) is 3.94. The number of nitrogens with zero attached hydrogens (tertiary/aromatic N) is 2. The molecule has 3 rings (SSSR count). The van der Waals surface area contributed by atoms with E-state index in [1.807, 2.05) is 30.3 Å². The van der Waals surface area contributed by atoms with Crippen molar-refractivity contribution >= 4 is 35.3 Å². The van der Waals surface area contributed by atoms with Crippen LogP contribution in [0, 0.1) is 16.0 Å². The van der Waals surface area contributed by atoms with Crippen LogP contribution in [0.3, 0.4) is 0 Å². The van der Waals surface area contributed by atoms with Crippen molar-refractivity contribution in [3.05, 3.63) is 68.7 Å². The first-order valence-corrected chi connectivity index (χ1v) is 8.57. The summed E-state index contributed by atoms with van der Waals surface area (Å²) in [5.41, 5.74) is 2.20. The van der Waals surface area contributed by atoms with E-state index in [1.54, 1.807) is 0 Å². The molecule has 28 heavy (non-hydrogen) atoms. The maximum Gasteiger partial charge on any atom is 0.263 e. The highest BCUT2D eigenvalue weighted by molar-refractivity contribution is 6.31. The van der Waals surface area contributed by atoms with Crippen molar-refractivity contribution in [2.24, 2.45) is 11.0 Å². The highest BCUT2D eigenvalue weighted by Gasteiger charge is 2.40. The second-order valence-corrected chi connectivity index (χ2v) is 6.51. The second-order valence-electron chi connectivity index (χ2n) is 6.07. The third-order valence-electron chi connectivity index (χ3n) is 4.33. The van der Waals surface area contributed by atoms with Crippen molar-refractivity contribution in [3.63, 3.8) is 0 Å². The zero-order valence-corrected chi connectivity index (χ0v) is 15.1. The first-order chi connectivity index (χ1) is 13.4. The van der Waals surface area contributed by atoms with Gasteiger partial charge in [0.2, 0.25) is 5.91 Å². The minimum absolute atomic E-state index is 0.0154. The Kier molecular flexibility index (Phi) is 5.55. The Labute approximate surface area is 164 Å². The molecule has 1 aliphatic heterocycles. The normalized spacial score (nSPS) is 18.8. The first-order valence-electron chi connectivity index (χ1n) is 8.19. The lowest BCUT2D eigenvalue weighted by molar-refractivity contribution is -0.398. The second kappa shape index (κ2) is 8.05. The molecule has 2 aromatic rings. The molecule has 0 radical (unpaired) electrons. The number of carbonyl (C=O) groups excluding carboxylic acids is 2. The Balaban J connectivity index is 1.76. The highest BCUT2D eigenvalue weighted by atomic mass is 35.5. The van der Waals surface area contributed by atoms with E-state index >= 15 is 0 Å². The largest absolute Gasteiger partial charge is 0.867 e. The molecule has 1 aliphatic rings. The summed E-state index contributed by atoms with van der Waals surface area (Å²) in [6.45, 7) is 0.315. The predicted octanol–water partition coefficient (Wildman–Crippen LogP) is 1.30. The van der Waals surface area contributed by atoms with Crippen LogP contribution < -0.4 is 15.8 Å². The molecule has 2 atom stereocenters. The van der Waals surface area contributed by atoms with Crippen LogP contribution in [0.1, 0.15) is 17.0 Å². The Hall–Kier alpha value is -3.46. The van der Waals surface area contributed by atoms with Crippen molar-refractivity contribution in [1.29, 1.82) is 0 Å². The van der Waals surface area contributed by atoms with E-state index in [0.717, 1.165) is 17.8 Å². The van der Waals surface area contributed by atoms with Crippen molar-refractivity contribution in [1.82, 2.24) is 10.7 Å². The van der Waals surface area contributed by atoms with Crippen molar-refractivity contribution in [3.8, 4) is 5.75 Å². The van der Waals surface area contributed by atoms with Gasteiger partial charge in [-0.15, -0.1) is 0 Å². The van der Waals surface area contributed by atoms with Gasteiger partial charge in [0.05, 0.1) is 11.1 Å². The van der Waals surface area contributed by atoms with E-state index in [4.69, 9.17) is 11.6 Å². The number of nitrogens with one attached hydrogen (secondary N) is 2. The molecule has 0 saturated carbocycles. The minimum atomic E-state index is -0.986. The average molecular weight is 402 g/mol. The molecular weight excluding hydrogens is 388 g/mol. The number of hydrogen-bond donors (Lipinski definition) is 2. The highest BCUT2D eigenvalue weighted by Crippen LogP contribution is 2.30. The Morgan fingerprint density at radius 1 is 1.32 bits per heavy atom. The molecular formula is C18H14ClN4O5-. The van der Waals surface area contributed by atoms with E-state index in [-0.39, 0.29) is 16.5 Å². The van der Waals surface area contributed by atoms with E-state index in [9.17, 15) is 24.8 Å². The molecule has 9 nitrogen and oxygen atoms in total. The molecule has 0 spiro atoms. The third-order valence-corrected chi connectivity index (χ3v) is 4.55. The number of carbonyl (C=O) groups is 2. The van der Waals surface area contributed by atoms with Gasteiger partial charge in [-0.3, -0.25) is 19.7 Å². The van der Waals surface area contributed by atoms with Crippen LogP contribution in [0.15, 0.2) is 47.6 Å². The molecule has 2 aromatic carbocycles. The van der Waals surface area contributed by atoms with Crippen molar-refractivity contribution in [2.45, 2.75) is 5.92 Å². The monoisotopic (exact) mass is 401 g/mol. The van der Waals surface area contributed by atoms with E-state index in [0.29, 0.717) is 6.54 Å². The van der Waals surface area contributed by atoms with Gasteiger partial charge in [0.1, 0.15) is 5.92 Å². The van der Waals surface area contributed by atoms with E-state index < -0.39 is 34.1 Å². The van der Waals surface area contributed by atoms with Crippen LogP contribution in [0.25, 0.3) is 0 Å². The molecule has 0 bridgehead atoms. The molecule has 0 aliphatic carbocycles. The Bertz CT molecular complexity index is 964. The van der Waals surface area contributed by atoms with Gasteiger partial charge in [-0.05, 0) is 22.9 Å². The number of hydrogen-bond acceptors (Lipinski definition) is 6. The van der Waals surface area contributed by atoms with Gasteiger partial charge in [-0.1, -0.05) is 41.9 Å². The maximum absolute atomic E-state index is 12.5. The van der Waals surface area contributed by atoms with Crippen molar-refractivity contribution in [2.75, 3.05) is 6.54 Å². The van der Waals surface area contributed by atoms with Crippen LogP contribution >= 0.6 is 11.6 Å². The van der Waals surface area contributed by atoms with Gasteiger partial charge >= 0.3 is 0 Å². The summed E-state index contributed by atoms with van der Waals surface area (Å²) in [6, 6.07) is 11.2. The number of halogens is 1. The maximum atomic E-state index is 12.5. The zero-order valence-electron chi connectivity index (χ0n) is 14.3. The van der Waals surface area contributed by atoms with Gasteiger partial charge in [0.15, 0.2) is 0 Å². The summed E-state index contributed by atoms with van der Waals surface area (Å²) in [7, 11) is 0. The molecule has 144 valence electrons. The molecule has 1 heterocycles. The van der Waals surface area contributed by atoms with Crippen LogP contribution in [0.4, 0.5) is 5.69 Å². The predicted molar refractivity (Wildman–Crippen MR) is 99.0 cm³/mol. The molecule has 0 unspecified atom stereocenters. The molecule has 1 saturated heterocycles. The number of benzene rings is 2. The van der Waals surface area contributed by atoms with Crippen LogP contribution in [0.5, 0.6) is 5.75 Å². The van der Waals surface area contributed by atoms with Crippen LogP contribution in [0.2, 0.25) is 5.02 Å². The SMILES string of the molecule is O=C1NC[C@H](c2ccccc2)[C@H]1C(=O)N/N=C/c1cc(Cl)cc([N+](=O)[O-])c1[O-]. The van der Waals surface area contributed by atoms with Gasteiger partial charge in [-0.25, -0.2) is 5.43 Å². The van der Waals surface area contributed by atoms with Gasteiger partial charge in [0.25, 0.3) is 11.6 Å². The summed E-state index contributed by atoms with van der Waals surface area (Å²) >= 11 is 5.77. The lowest BCUT2D eigenvalue weighted by atomic mass is 9.88. The fourth-order valence-corrected chi connectivity index (χ4v) is 3.22. The quantitative estimate of drug-likeness (QED) is 0.336. The fraction of sp³-hybridized carbons (Fsp3) is 0.167. The molecule has 1 fully saturated rings. The first kappa shape index (κ1) is 19.3. The number of amides is 2. The lowest BCUT2D eigenvalue weighted by Gasteiger charge is -2.15. The van der Waals surface area contributed by atoms with Crippen LogP contribution in [-0.4, -0.2) is 29.5 Å². The van der Waals surface area contributed by atoms with Crippen molar-refractivity contribution < 1.29 is 19.6 Å². The smallest absolute Gasteiger partial charge is 0.263 e. The molecule has 2 N–H and O–H groups in total. The average Bonchev–Trinajstić information content (AvgIpc) is 3.06. The summed E-state index contributed by atoms with van der Waals surface area (Å²) < 4.78 is 0. The summed E-state index contributed by atoms with van der Waals surface area (Å²) in [6.07, 6.45) is 0.962. The molecule has 10 heteroatoms. The van der Waals surface area contributed by atoms with Gasteiger partial charge in [0, 0.05) is 23.6 Å². The van der Waals surface area contributed by atoms with Gasteiger partial charge < -0.3 is 10.4 Å².